The lowest BCUT2D eigenvalue weighted by Crippen LogP contribution is -2.23. The maximum atomic E-state index is 12.6. The van der Waals surface area contributed by atoms with E-state index in [2.05, 4.69) is 15.3 Å². The standard InChI is InChI=1S/C19H19ClN4O3/c1-3-14(25)10-27-17-8-12-7-13(23-18-15(20)9-21-11-22-18)5-6-16(12)24(4-2)19(17)26/h5-9,11H,3-4,10H2,1-2H3,(H,21,22,23). The molecule has 0 amide bonds. The lowest BCUT2D eigenvalue weighted by Gasteiger charge is -2.13. The van der Waals surface area contributed by atoms with E-state index in [1.807, 2.05) is 25.1 Å². The van der Waals surface area contributed by atoms with Crippen LogP contribution >= 0.6 is 11.6 Å². The summed E-state index contributed by atoms with van der Waals surface area (Å²) in [5.41, 5.74) is 1.27. The Bertz CT molecular complexity index is 1050. The van der Waals surface area contributed by atoms with Crippen LogP contribution in [0.1, 0.15) is 20.3 Å². The molecule has 0 unspecified atom stereocenters. The number of fused-ring (bicyclic) bond motifs is 1. The van der Waals surface area contributed by atoms with Crippen molar-refractivity contribution in [2.75, 3.05) is 11.9 Å². The summed E-state index contributed by atoms with van der Waals surface area (Å²) in [6, 6.07) is 7.21. The van der Waals surface area contributed by atoms with Gasteiger partial charge in [-0.2, -0.15) is 0 Å². The number of hydrogen-bond acceptors (Lipinski definition) is 6. The molecule has 0 bridgehead atoms. The van der Waals surface area contributed by atoms with E-state index >= 15 is 0 Å². The van der Waals surface area contributed by atoms with E-state index < -0.39 is 0 Å². The summed E-state index contributed by atoms with van der Waals surface area (Å²) in [5, 5.41) is 4.33. The molecule has 0 atom stereocenters. The van der Waals surface area contributed by atoms with Crippen LogP contribution in [0.4, 0.5) is 11.5 Å². The molecule has 0 aliphatic rings. The van der Waals surface area contributed by atoms with Crippen LogP contribution in [0, 0.1) is 0 Å². The smallest absolute Gasteiger partial charge is 0.293 e. The summed E-state index contributed by atoms with van der Waals surface area (Å²) < 4.78 is 7.09. The molecule has 0 spiro atoms. The molecule has 0 aliphatic heterocycles. The Balaban J connectivity index is 2.01. The summed E-state index contributed by atoms with van der Waals surface area (Å²) in [6.45, 7) is 4.01. The summed E-state index contributed by atoms with van der Waals surface area (Å²) in [6.07, 6.45) is 3.27. The Morgan fingerprint density at radius 2 is 2.11 bits per heavy atom. The van der Waals surface area contributed by atoms with Gasteiger partial charge in [-0.25, -0.2) is 9.97 Å². The van der Waals surface area contributed by atoms with Gasteiger partial charge in [-0.15, -0.1) is 0 Å². The minimum absolute atomic E-state index is 0.0635. The van der Waals surface area contributed by atoms with Gasteiger partial charge < -0.3 is 14.6 Å². The van der Waals surface area contributed by atoms with E-state index in [9.17, 15) is 9.59 Å². The van der Waals surface area contributed by atoms with Gasteiger partial charge in [0.1, 0.15) is 18.0 Å². The largest absolute Gasteiger partial charge is 0.480 e. The molecule has 0 saturated carbocycles. The topological polar surface area (TPSA) is 86.1 Å². The molecule has 3 aromatic rings. The van der Waals surface area contributed by atoms with Crippen LogP contribution in [0.15, 0.2) is 41.6 Å². The van der Waals surface area contributed by atoms with Crippen molar-refractivity contribution in [1.82, 2.24) is 14.5 Å². The van der Waals surface area contributed by atoms with Crippen molar-refractivity contribution in [2.45, 2.75) is 26.8 Å². The maximum absolute atomic E-state index is 12.6. The molecule has 2 aromatic heterocycles. The average molecular weight is 387 g/mol. The summed E-state index contributed by atoms with van der Waals surface area (Å²) >= 11 is 6.09. The second-order valence-corrected chi connectivity index (χ2v) is 6.26. The molecule has 140 valence electrons. The Labute approximate surface area is 161 Å². The number of aryl methyl sites for hydroxylation is 1. The first-order chi connectivity index (χ1) is 13.0. The normalized spacial score (nSPS) is 10.8. The summed E-state index contributed by atoms with van der Waals surface area (Å²) in [7, 11) is 0. The number of halogens is 1. The highest BCUT2D eigenvalue weighted by Crippen LogP contribution is 2.26. The Hall–Kier alpha value is -2.93. The number of pyridine rings is 1. The number of carbonyl (C=O) groups is 1. The van der Waals surface area contributed by atoms with Gasteiger partial charge in [0.05, 0.1) is 11.7 Å². The highest BCUT2D eigenvalue weighted by atomic mass is 35.5. The molecule has 27 heavy (non-hydrogen) atoms. The highest BCUT2D eigenvalue weighted by molar-refractivity contribution is 6.32. The number of hydrogen-bond donors (Lipinski definition) is 1. The molecule has 0 saturated heterocycles. The Morgan fingerprint density at radius 1 is 1.30 bits per heavy atom. The van der Waals surface area contributed by atoms with Gasteiger partial charge in [-0.05, 0) is 31.2 Å². The van der Waals surface area contributed by atoms with E-state index in [1.165, 1.54) is 12.5 Å². The molecule has 8 heteroatoms. The number of anilines is 2. The van der Waals surface area contributed by atoms with Gasteiger partial charge in [-0.3, -0.25) is 9.59 Å². The van der Waals surface area contributed by atoms with E-state index in [0.717, 1.165) is 16.6 Å². The maximum Gasteiger partial charge on any atom is 0.293 e. The van der Waals surface area contributed by atoms with Crippen LogP contribution in [-0.4, -0.2) is 26.9 Å². The highest BCUT2D eigenvalue weighted by Gasteiger charge is 2.12. The van der Waals surface area contributed by atoms with Crippen molar-refractivity contribution in [3.8, 4) is 5.75 Å². The second kappa shape index (κ2) is 8.18. The fourth-order valence-electron chi connectivity index (χ4n) is 2.66. The molecule has 0 aliphatic carbocycles. The zero-order valence-electron chi connectivity index (χ0n) is 15.0. The number of nitrogens with one attached hydrogen (secondary N) is 1. The molecule has 0 radical (unpaired) electrons. The number of ketones is 1. The number of nitrogens with zero attached hydrogens (tertiary/aromatic N) is 3. The zero-order chi connectivity index (χ0) is 19.4. The summed E-state index contributed by atoms with van der Waals surface area (Å²) in [4.78, 5) is 32.1. The van der Waals surface area contributed by atoms with Crippen molar-refractivity contribution in [2.24, 2.45) is 0 Å². The van der Waals surface area contributed by atoms with E-state index in [-0.39, 0.29) is 23.7 Å². The fourth-order valence-corrected chi connectivity index (χ4v) is 2.81. The lowest BCUT2D eigenvalue weighted by atomic mass is 10.1. The number of aromatic nitrogens is 3. The molecule has 0 fully saturated rings. The monoisotopic (exact) mass is 386 g/mol. The van der Waals surface area contributed by atoms with Crippen LogP contribution in [0.25, 0.3) is 10.9 Å². The second-order valence-electron chi connectivity index (χ2n) is 5.86. The first-order valence-electron chi connectivity index (χ1n) is 8.58. The van der Waals surface area contributed by atoms with Gasteiger partial charge in [0, 0.05) is 24.0 Å². The van der Waals surface area contributed by atoms with Crippen molar-refractivity contribution < 1.29 is 9.53 Å². The SMILES string of the molecule is CCC(=O)COc1cc2cc(Nc3ncncc3Cl)ccc2n(CC)c1=O. The van der Waals surface area contributed by atoms with Crippen LogP contribution < -0.4 is 15.6 Å². The first-order valence-corrected chi connectivity index (χ1v) is 8.96. The number of Topliss-reactive ketones (excluding diaryl/α,β-unsaturated/α-hetero) is 1. The van der Waals surface area contributed by atoms with Crippen molar-refractivity contribution >= 4 is 39.8 Å². The first kappa shape index (κ1) is 18.8. The molecule has 1 aromatic carbocycles. The molecule has 2 heterocycles. The molecule has 3 rings (SSSR count). The number of rotatable bonds is 7. The van der Waals surface area contributed by atoms with Crippen molar-refractivity contribution in [3.05, 3.63) is 52.2 Å². The van der Waals surface area contributed by atoms with Crippen LogP contribution in [0.3, 0.4) is 0 Å². The quantitative estimate of drug-likeness (QED) is 0.668. The van der Waals surface area contributed by atoms with Gasteiger partial charge in [0.2, 0.25) is 0 Å². The summed E-state index contributed by atoms with van der Waals surface area (Å²) in [5.74, 6) is 0.578. The van der Waals surface area contributed by atoms with E-state index in [0.29, 0.717) is 23.8 Å². The molecule has 7 nitrogen and oxygen atoms in total. The van der Waals surface area contributed by atoms with Crippen LogP contribution in [0.5, 0.6) is 5.75 Å². The Kier molecular flexibility index (Phi) is 5.71. The van der Waals surface area contributed by atoms with Gasteiger partial charge in [-0.1, -0.05) is 18.5 Å². The number of benzene rings is 1. The van der Waals surface area contributed by atoms with Crippen LogP contribution in [0.2, 0.25) is 5.02 Å². The minimum Gasteiger partial charge on any atom is -0.480 e. The number of carbonyl (C=O) groups excluding carboxylic acids is 1. The van der Waals surface area contributed by atoms with Gasteiger partial charge >= 0.3 is 0 Å². The third kappa shape index (κ3) is 4.09. The minimum atomic E-state index is -0.256. The van der Waals surface area contributed by atoms with Gasteiger partial charge in [0.25, 0.3) is 5.56 Å². The van der Waals surface area contributed by atoms with E-state index in [1.54, 1.807) is 17.6 Å². The number of ether oxygens (including phenoxy) is 1. The van der Waals surface area contributed by atoms with E-state index in [4.69, 9.17) is 16.3 Å². The lowest BCUT2D eigenvalue weighted by molar-refractivity contribution is -0.120. The van der Waals surface area contributed by atoms with Gasteiger partial charge in [0.15, 0.2) is 17.4 Å². The zero-order valence-corrected chi connectivity index (χ0v) is 15.8. The third-order valence-electron chi connectivity index (χ3n) is 4.09. The fraction of sp³-hybridized carbons (Fsp3) is 0.263. The molecular formula is C19H19ClN4O3. The molecular weight excluding hydrogens is 368 g/mol. The predicted octanol–water partition coefficient (Wildman–Crippen LogP) is 3.57. The average Bonchev–Trinajstić information content (AvgIpc) is 2.68. The Morgan fingerprint density at radius 3 is 2.81 bits per heavy atom. The van der Waals surface area contributed by atoms with Crippen molar-refractivity contribution in [3.63, 3.8) is 0 Å². The third-order valence-corrected chi connectivity index (χ3v) is 4.37. The van der Waals surface area contributed by atoms with Crippen molar-refractivity contribution in [1.29, 1.82) is 0 Å². The molecule has 1 N–H and O–H groups in total. The van der Waals surface area contributed by atoms with Crippen LogP contribution in [-0.2, 0) is 11.3 Å². The predicted molar refractivity (Wildman–Crippen MR) is 105 cm³/mol.